The van der Waals surface area contributed by atoms with Crippen LogP contribution < -0.4 is 4.74 Å². The van der Waals surface area contributed by atoms with Crippen molar-refractivity contribution in [1.82, 2.24) is 0 Å². The molecule has 1 fully saturated rings. The van der Waals surface area contributed by atoms with E-state index in [0.29, 0.717) is 17.9 Å². The Kier molecular flexibility index (Phi) is 4.25. The number of carbonyl (C=O) groups excluding carboxylic acids is 1. The maximum absolute atomic E-state index is 12.2. The van der Waals surface area contributed by atoms with Crippen molar-refractivity contribution in [3.63, 3.8) is 0 Å². The molecule has 0 radical (unpaired) electrons. The molecule has 2 aromatic carbocycles. The molecule has 0 bridgehead atoms. The number of aliphatic carboxylic acids is 1. The summed E-state index contributed by atoms with van der Waals surface area (Å²) in [7, 11) is 1.27. The lowest BCUT2D eigenvalue weighted by Gasteiger charge is -2.16. The summed E-state index contributed by atoms with van der Waals surface area (Å²) in [6, 6.07) is 16.7. The van der Waals surface area contributed by atoms with Gasteiger partial charge in [-0.3, -0.25) is 9.59 Å². The number of rotatable bonds is 6. The van der Waals surface area contributed by atoms with Crippen LogP contribution in [-0.2, 0) is 26.3 Å². The molecule has 3 rings (SSSR count). The van der Waals surface area contributed by atoms with Crippen molar-refractivity contribution in [1.29, 1.82) is 0 Å². The minimum absolute atomic E-state index is 0.247. The van der Waals surface area contributed by atoms with Gasteiger partial charge >= 0.3 is 11.9 Å². The molecule has 5 nitrogen and oxygen atoms in total. The van der Waals surface area contributed by atoms with Gasteiger partial charge in [-0.25, -0.2) is 0 Å². The zero-order valence-corrected chi connectivity index (χ0v) is 13.3. The topological polar surface area (TPSA) is 72.8 Å². The molecule has 0 unspecified atom stereocenters. The van der Waals surface area contributed by atoms with Crippen LogP contribution in [0.3, 0.4) is 0 Å². The maximum Gasteiger partial charge on any atom is 0.317 e. The Balaban J connectivity index is 1.82. The highest BCUT2D eigenvalue weighted by Crippen LogP contribution is 2.55. The first kappa shape index (κ1) is 16.1. The molecule has 1 N–H and O–H groups in total. The van der Waals surface area contributed by atoms with Gasteiger partial charge in [-0.15, -0.1) is 0 Å². The molecule has 2 aromatic rings. The minimum Gasteiger partial charge on any atom is -0.489 e. The largest absolute Gasteiger partial charge is 0.489 e. The molecular weight excluding hydrogens is 308 g/mol. The zero-order chi connectivity index (χ0) is 17.2. The Morgan fingerprint density at radius 2 is 1.92 bits per heavy atom. The van der Waals surface area contributed by atoms with Crippen molar-refractivity contribution in [3.8, 4) is 5.75 Å². The van der Waals surface area contributed by atoms with E-state index in [4.69, 9.17) is 9.47 Å². The van der Waals surface area contributed by atoms with Gasteiger partial charge in [0.2, 0.25) is 0 Å². The SMILES string of the molecule is COC(=O)[C@@]1(c2cccc(OCc3ccccc3)c2)C[C@@H]1C(=O)O. The van der Waals surface area contributed by atoms with Gasteiger partial charge in [-0.05, 0) is 29.7 Å². The van der Waals surface area contributed by atoms with Gasteiger partial charge in [-0.1, -0.05) is 42.5 Å². The summed E-state index contributed by atoms with van der Waals surface area (Å²) < 4.78 is 10.6. The fourth-order valence-electron chi connectivity index (χ4n) is 3.01. The van der Waals surface area contributed by atoms with Crippen LogP contribution in [0.1, 0.15) is 17.5 Å². The molecule has 0 saturated heterocycles. The van der Waals surface area contributed by atoms with E-state index in [0.717, 1.165) is 5.56 Å². The molecule has 0 aromatic heterocycles. The van der Waals surface area contributed by atoms with E-state index < -0.39 is 23.3 Å². The Hall–Kier alpha value is -2.82. The minimum atomic E-state index is -1.10. The third-order valence-electron chi connectivity index (χ3n) is 4.41. The molecule has 1 aliphatic rings. The van der Waals surface area contributed by atoms with Gasteiger partial charge in [-0.2, -0.15) is 0 Å². The lowest BCUT2D eigenvalue weighted by atomic mass is 9.93. The Morgan fingerprint density at radius 3 is 2.54 bits per heavy atom. The lowest BCUT2D eigenvalue weighted by Crippen LogP contribution is -2.27. The van der Waals surface area contributed by atoms with Crippen molar-refractivity contribution in [3.05, 3.63) is 65.7 Å². The third kappa shape index (κ3) is 2.85. The number of hydrogen-bond acceptors (Lipinski definition) is 4. The summed E-state index contributed by atoms with van der Waals surface area (Å²) in [5, 5.41) is 9.28. The summed E-state index contributed by atoms with van der Waals surface area (Å²) in [4.78, 5) is 23.5. The highest BCUT2D eigenvalue weighted by molar-refractivity contribution is 5.95. The van der Waals surface area contributed by atoms with Crippen molar-refractivity contribution < 1.29 is 24.2 Å². The number of carboxylic acid groups (broad SMARTS) is 1. The molecule has 0 aliphatic heterocycles. The number of ether oxygens (including phenoxy) is 2. The average Bonchev–Trinajstić information content (AvgIpc) is 3.38. The quantitative estimate of drug-likeness (QED) is 0.826. The summed E-state index contributed by atoms with van der Waals surface area (Å²) in [6.45, 7) is 0.401. The predicted octanol–water partition coefficient (Wildman–Crippen LogP) is 2.78. The van der Waals surface area contributed by atoms with Crippen LogP contribution in [0.5, 0.6) is 5.75 Å². The predicted molar refractivity (Wildman–Crippen MR) is 86.7 cm³/mol. The normalized spacial score (nSPS) is 21.8. The molecule has 124 valence electrons. The fourth-order valence-corrected chi connectivity index (χ4v) is 3.01. The van der Waals surface area contributed by atoms with Crippen molar-refractivity contribution in [2.24, 2.45) is 5.92 Å². The van der Waals surface area contributed by atoms with Crippen LogP contribution in [0, 0.1) is 5.92 Å². The van der Waals surface area contributed by atoms with Gasteiger partial charge < -0.3 is 14.6 Å². The molecule has 5 heteroatoms. The van der Waals surface area contributed by atoms with E-state index in [2.05, 4.69) is 0 Å². The summed E-state index contributed by atoms with van der Waals surface area (Å²) >= 11 is 0. The van der Waals surface area contributed by atoms with Crippen LogP contribution in [0.4, 0.5) is 0 Å². The summed E-state index contributed by atoms with van der Waals surface area (Å²) in [5.41, 5.74) is 0.542. The first-order valence-electron chi connectivity index (χ1n) is 7.66. The van der Waals surface area contributed by atoms with E-state index in [1.165, 1.54) is 7.11 Å². The lowest BCUT2D eigenvalue weighted by molar-refractivity contribution is -0.148. The second-order valence-electron chi connectivity index (χ2n) is 5.86. The molecule has 0 spiro atoms. The number of carbonyl (C=O) groups is 2. The van der Waals surface area contributed by atoms with Crippen LogP contribution in [0.15, 0.2) is 54.6 Å². The highest BCUT2D eigenvalue weighted by atomic mass is 16.5. The zero-order valence-electron chi connectivity index (χ0n) is 13.3. The van der Waals surface area contributed by atoms with Gasteiger partial charge in [0.25, 0.3) is 0 Å². The molecule has 0 heterocycles. The average molecular weight is 326 g/mol. The van der Waals surface area contributed by atoms with E-state index >= 15 is 0 Å². The first-order chi connectivity index (χ1) is 11.6. The number of carboxylic acids is 1. The maximum atomic E-state index is 12.2. The van der Waals surface area contributed by atoms with Crippen LogP contribution in [0.2, 0.25) is 0 Å². The second-order valence-corrected chi connectivity index (χ2v) is 5.86. The number of hydrogen-bond donors (Lipinski definition) is 1. The Bertz CT molecular complexity index is 755. The number of esters is 1. The molecule has 1 aliphatic carbocycles. The van der Waals surface area contributed by atoms with Crippen molar-refractivity contribution >= 4 is 11.9 Å². The Morgan fingerprint density at radius 1 is 1.17 bits per heavy atom. The summed E-state index contributed by atoms with van der Waals surface area (Å²) in [5.74, 6) is -1.67. The number of benzene rings is 2. The fraction of sp³-hybridized carbons (Fsp3) is 0.263. The third-order valence-corrected chi connectivity index (χ3v) is 4.41. The standard InChI is InChI=1S/C19H18O5/c1-23-18(22)19(11-16(19)17(20)21)14-8-5-9-15(10-14)24-12-13-6-3-2-4-7-13/h2-10,16H,11-12H2,1H3,(H,20,21)/t16-,19-/m1/s1. The van der Waals surface area contributed by atoms with E-state index in [-0.39, 0.29) is 6.42 Å². The van der Waals surface area contributed by atoms with E-state index in [1.54, 1.807) is 24.3 Å². The van der Waals surface area contributed by atoms with Gasteiger partial charge in [0, 0.05) is 0 Å². The van der Waals surface area contributed by atoms with Crippen LogP contribution >= 0.6 is 0 Å². The van der Waals surface area contributed by atoms with Gasteiger partial charge in [0.15, 0.2) is 0 Å². The highest BCUT2D eigenvalue weighted by Gasteiger charge is 2.66. The first-order valence-corrected chi connectivity index (χ1v) is 7.66. The molecular formula is C19H18O5. The number of methoxy groups -OCH3 is 1. The van der Waals surface area contributed by atoms with Gasteiger partial charge in [0.05, 0.1) is 13.0 Å². The van der Waals surface area contributed by atoms with E-state index in [9.17, 15) is 14.7 Å². The van der Waals surface area contributed by atoms with Crippen LogP contribution in [-0.4, -0.2) is 24.2 Å². The van der Waals surface area contributed by atoms with Crippen LogP contribution in [0.25, 0.3) is 0 Å². The summed E-state index contributed by atoms with van der Waals surface area (Å²) in [6.07, 6.45) is 0.247. The smallest absolute Gasteiger partial charge is 0.317 e. The molecule has 0 amide bonds. The molecule has 2 atom stereocenters. The van der Waals surface area contributed by atoms with E-state index in [1.807, 2.05) is 30.3 Å². The van der Waals surface area contributed by atoms with Crippen molar-refractivity contribution in [2.45, 2.75) is 18.4 Å². The molecule has 24 heavy (non-hydrogen) atoms. The monoisotopic (exact) mass is 326 g/mol. The second kappa shape index (κ2) is 6.35. The van der Waals surface area contributed by atoms with Crippen molar-refractivity contribution in [2.75, 3.05) is 7.11 Å². The van der Waals surface area contributed by atoms with Gasteiger partial charge in [0.1, 0.15) is 17.8 Å². The molecule has 1 saturated carbocycles. The Labute approximate surface area is 139 Å².